The minimum absolute atomic E-state index is 0.0290. The van der Waals surface area contributed by atoms with Crippen LogP contribution in [0.3, 0.4) is 0 Å². The second-order valence-corrected chi connectivity index (χ2v) is 5.59. The number of imide groups is 1. The fourth-order valence-corrected chi connectivity index (χ4v) is 2.75. The van der Waals surface area contributed by atoms with E-state index in [0.717, 1.165) is 22.3 Å². The number of nitro groups is 1. The Morgan fingerprint density at radius 2 is 2.12 bits per heavy atom. The van der Waals surface area contributed by atoms with E-state index in [0.29, 0.717) is 5.13 Å². The first-order valence-electron chi connectivity index (χ1n) is 6.68. The number of fused-ring (bicyclic) bond motifs is 1. The van der Waals surface area contributed by atoms with Gasteiger partial charge in [-0.25, -0.2) is 0 Å². The van der Waals surface area contributed by atoms with Crippen LogP contribution in [-0.4, -0.2) is 44.3 Å². The van der Waals surface area contributed by atoms with Crippen molar-refractivity contribution in [3.63, 3.8) is 0 Å². The van der Waals surface area contributed by atoms with Crippen LogP contribution in [0, 0.1) is 10.1 Å². The summed E-state index contributed by atoms with van der Waals surface area (Å²) in [5, 5.41) is 21.0. The molecule has 1 aromatic heterocycles. The van der Waals surface area contributed by atoms with Crippen LogP contribution >= 0.6 is 11.3 Å². The molecule has 3 amide bonds. The lowest BCUT2D eigenvalue weighted by molar-refractivity contribution is -0.385. The minimum atomic E-state index is -0.772. The van der Waals surface area contributed by atoms with Gasteiger partial charge in [0.1, 0.15) is 11.1 Å². The average molecular weight is 347 g/mol. The molecular formula is C13H9N5O5S. The Bertz CT molecular complexity index is 850. The SMILES string of the molecule is O=C(CCN1C(=O)c2cccc([N+](=O)[O-])c2C1=O)Nc1nncs1. The van der Waals surface area contributed by atoms with Gasteiger partial charge >= 0.3 is 0 Å². The van der Waals surface area contributed by atoms with Crippen LogP contribution in [0.1, 0.15) is 27.1 Å². The van der Waals surface area contributed by atoms with Gasteiger partial charge in [0.25, 0.3) is 17.5 Å². The number of aromatic nitrogens is 2. The summed E-state index contributed by atoms with van der Waals surface area (Å²) in [5.74, 6) is -1.87. The molecule has 0 atom stereocenters. The van der Waals surface area contributed by atoms with E-state index in [-0.39, 0.29) is 24.1 Å². The van der Waals surface area contributed by atoms with E-state index in [1.165, 1.54) is 17.6 Å². The smallest absolute Gasteiger partial charge is 0.282 e. The summed E-state index contributed by atoms with van der Waals surface area (Å²) >= 11 is 1.13. The number of nitrogens with zero attached hydrogens (tertiary/aromatic N) is 4. The molecule has 0 spiro atoms. The second-order valence-electron chi connectivity index (χ2n) is 4.76. The summed E-state index contributed by atoms with van der Waals surface area (Å²) in [6.45, 7) is -0.186. The van der Waals surface area contributed by atoms with Crippen LogP contribution in [0.25, 0.3) is 0 Å². The van der Waals surface area contributed by atoms with Gasteiger partial charge < -0.3 is 5.32 Å². The van der Waals surface area contributed by atoms with E-state index < -0.39 is 28.3 Å². The number of hydrogen-bond acceptors (Lipinski definition) is 8. The van der Waals surface area contributed by atoms with Crippen molar-refractivity contribution in [2.75, 3.05) is 11.9 Å². The zero-order valence-corrected chi connectivity index (χ0v) is 12.8. The van der Waals surface area contributed by atoms with E-state index in [4.69, 9.17) is 0 Å². The van der Waals surface area contributed by atoms with Crippen molar-refractivity contribution in [3.8, 4) is 0 Å². The number of rotatable bonds is 5. The van der Waals surface area contributed by atoms with Crippen molar-refractivity contribution in [3.05, 3.63) is 45.0 Å². The highest BCUT2D eigenvalue weighted by atomic mass is 32.1. The second kappa shape index (κ2) is 6.12. The summed E-state index contributed by atoms with van der Waals surface area (Å²) in [7, 11) is 0. The minimum Gasteiger partial charge on any atom is -0.300 e. The molecule has 0 bridgehead atoms. The molecule has 122 valence electrons. The van der Waals surface area contributed by atoms with Gasteiger partial charge in [0.05, 0.1) is 10.5 Å². The maximum absolute atomic E-state index is 12.3. The summed E-state index contributed by atoms with van der Waals surface area (Å²) < 4.78 is 0. The van der Waals surface area contributed by atoms with Crippen molar-refractivity contribution in [2.24, 2.45) is 0 Å². The van der Waals surface area contributed by atoms with E-state index in [2.05, 4.69) is 15.5 Å². The standard InChI is InChI=1S/C13H9N5O5S/c19-9(15-13-16-14-6-24-13)4-5-17-11(20)7-2-1-3-8(18(22)23)10(7)12(17)21/h1-3,6H,4-5H2,(H,15,16,19). The van der Waals surface area contributed by atoms with Crippen molar-refractivity contribution in [2.45, 2.75) is 6.42 Å². The van der Waals surface area contributed by atoms with Crippen molar-refractivity contribution < 1.29 is 19.3 Å². The van der Waals surface area contributed by atoms with Crippen LogP contribution in [0.15, 0.2) is 23.7 Å². The lowest BCUT2D eigenvalue weighted by atomic mass is 10.1. The molecule has 0 unspecified atom stereocenters. The molecule has 0 fully saturated rings. The molecule has 2 heterocycles. The van der Waals surface area contributed by atoms with E-state index in [1.807, 2.05) is 0 Å². The zero-order valence-electron chi connectivity index (χ0n) is 12.0. The first-order valence-corrected chi connectivity index (χ1v) is 7.56. The summed E-state index contributed by atoms with van der Waals surface area (Å²) in [6.07, 6.45) is -0.154. The fraction of sp³-hybridized carbons (Fsp3) is 0.154. The highest BCUT2D eigenvalue weighted by Crippen LogP contribution is 2.30. The molecule has 1 aliphatic rings. The zero-order chi connectivity index (χ0) is 17.3. The van der Waals surface area contributed by atoms with Crippen molar-refractivity contribution >= 4 is 39.9 Å². The average Bonchev–Trinajstić information content (AvgIpc) is 3.14. The molecule has 0 saturated heterocycles. The van der Waals surface area contributed by atoms with Crippen molar-refractivity contribution in [1.29, 1.82) is 0 Å². The Hall–Kier alpha value is -3.21. The number of amides is 3. The van der Waals surface area contributed by atoms with Crippen LogP contribution in [-0.2, 0) is 4.79 Å². The van der Waals surface area contributed by atoms with Gasteiger partial charge in [-0.15, -0.1) is 10.2 Å². The monoisotopic (exact) mass is 347 g/mol. The Labute approximate surface area is 138 Å². The highest BCUT2D eigenvalue weighted by Gasteiger charge is 2.40. The number of carbonyl (C=O) groups excluding carboxylic acids is 3. The topological polar surface area (TPSA) is 135 Å². The molecule has 3 rings (SSSR count). The molecule has 11 heteroatoms. The lowest BCUT2D eigenvalue weighted by Crippen LogP contribution is -2.33. The Morgan fingerprint density at radius 3 is 2.79 bits per heavy atom. The summed E-state index contributed by atoms with van der Waals surface area (Å²) in [4.78, 5) is 47.5. The van der Waals surface area contributed by atoms with E-state index >= 15 is 0 Å². The third-order valence-electron chi connectivity index (χ3n) is 3.34. The number of carbonyl (C=O) groups is 3. The van der Waals surface area contributed by atoms with Gasteiger partial charge in [-0.3, -0.25) is 29.4 Å². The van der Waals surface area contributed by atoms with Crippen molar-refractivity contribution in [1.82, 2.24) is 15.1 Å². The number of hydrogen-bond donors (Lipinski definition) is 1. The number of benzene rings is 1. The number of nitrogens with one attached hydrogen (secondary N) is 1. The van der Waals surface area contributed by atoms with Gasteiger partial charge in [0.15, 0.2) is 0 Å². The third kappa shape index (κ3) is 2.72. The summed E-state index contributed by atoms with van der Waals surface area (Å²) in [6, 6.07) is 3.85. The number of nitro benzene ring substituents is 1. The van der Waals surface area contributed by atoms with Gasteiger partial charge in [0, 0.05) is 19.0 Å². The fourth-order valence-electron chi connectivity index (χ4n) is 2.29. The van der Waals surface area contributed by atoms with Gasteiger partial charge in [-0.2, -0.15) is 0 Å². The Kier molecular flexibility index (Phi) is 4.00. The first kappa shape index (κ1) is 15.7. The van der Waals surface area contributed by atoms with E-state index in [1.54, 1.807) is 0 Å². The molecule has 2 aromatic rings. The van der Waals surface area contributed by atoms with Crippen LogP contribution in [0.5, 0.6) is 0 Å². The maximum atomic E-state index is 12.3. The third-order valence-corrected chi connectivity index (χ3v) is 3.95. The van der Waals surface area contributed by atoms with Gasteiger partial charge in [-0.05, 0) is 6.07 Å². The Balaban J connectivity index is 1.73. The van der Waals surface area contributed by atoms with Crippen LogP contribution < -0.4 is 5.32 Å². The van der Waals surface area contributed by atoms with Gasteiger partial charge in [-0.1, -0.05) is 17.4 Å². The Morgan fingerprint density at radius 1 is 1.33 bits per heavy atom. The molecular weight excluding hydrogens is 338 g/mol. The maximum Gasteiger partial charge on any atom is 0.282 e. The number of anilines is 1. The molecule has 0 saturated carbocycles. The molecule has 1 N–H and O–H groups in total. The molecule has 10 nitrogen and oxygen atoms in total. The molecule has 24 heavy (non-hydrogen) atoms. The molecule has 0 radical (unpaired) electrons. The summed E-state index contributed by atoms with van der Waals surface area (Å²) in [5.41, 5.74) is 0.751. The molecule has 1 aliphatic heterocycles. The highest BCUT2D eigenvalue weighted by molar-refractivity contribution is 7.13. The predicted octanol–water partition coefficient (Wildman–Crippen LogP) is 1.07. The van der Waals surface area contributed by atoms with Crippen LogP contribution in [0.2, 0.25) is 0 Å². The largest absolute Gasteiger partial charge is 0.300 e. The predicted molar refractivity (Wildman–Crippen MR) is 81.6 cm³/mol. The molecule has 1 aromatic carbocycles. The van der Waals surface area contributed by atoms with E-state index in [9.17, 15) is 24.5 Å². The first-order chi connectivity index (χ1) is 11.5. The van der Waals surface area contributed by atoms with Crippen LogP contribution in [0.4, 0.5) is 10.8 Å². The molecule has 0 aliphatic carbocycles. The lowest BCUT2D eigenvalue weighted by Gasteiger charge is -2.12. The normalized spacial score (nSPS) is 13.1. The quantitative estimate of drug-likeness (QED) is 0.485. The van der Waals surface area contributed by atoms with Gasteiger partial charge in [0.2, 0.25) is 11.0 Å².